The molecule has 0 bridgehead atoms. The van der Waals surface area contributed by atoms with Gasteiger partial charge in [-0.15, -0.1) is 0 Å². The van der Waals surface area contributed by atoms with Crippen LogP contribution >= 0.6 is 22.9 Å². The number of hydrogen-bond donors (Lipinski definition) is 1. The molecule has 1 heterocycles. The molecule has 0 unspecified atom stereocenters. The summed E-state index contributed by atoms with van der Waals surface area (Å²) in [5.41, 5.74) is 4.78. The van der Waals surface area contributed by atoms with E-state index in [9.17, 15) is 0 Å². The summed E-state index contributed by atoms with van der Waals surface area (Å²) < 4.78 is 1.04. The van der Waals surface area contributed by atoms with Crippen molar-refractivity contribution in [3.8, 4) is 0 Å². The van der Waals surface area contributed by atoms with Crippen LogP contribution in [0, 0.1) is 0 Å². The predicted octanol–water partition coefficient (Wildman–Crippen LogP) is 5.82. The van der Waals surface area contributed by atoms with E-state index in [2.05, 4.69) is 42.3 Å². The van der Waals surface area contributed by atoms with Gasteiger partial charge < -0.3 is 5.32 Å². The van der Waals surface area contributed by atoms with Gasteiger partial charge in [0, 0.05) is 5.69 Å². The van der Waals surface area contributed by atoms with Crippen LogP contribution in [0.25, 0.3) is 10.2 Å². The first kappa shape index (κ1) is 14.4. The van der Waals surface area contributed by atoms with Crippen molar-refractivity contribution in [2.45, 2.75) is 26.7 Å². The molecule has 0 saturated heterocycles. The second kappa shape index (κ2) is 6.04. The molecule has 2 aromatic carbocycles. The first-order valence-corrected chi connectivity index (χ1v) is 8.35. The zero-order chi connectivity index (χ0) is 14.8. The number of fused-ring (bicyclic) bond motifs is 1. The Morgan fingerprint density at radius 2 is 1.71 bits per heavy atom. The van der Waals surface area contributed by atoms with Crippen molar-refractivity contribution in [2.24, 2.45) is 0 Å². The third kappa shape index (κ3) is 2.76. The average Bonchev–Trinajstić information content (AvgIpc) is 2.91. The Morgan fingerprint density at radius 3 is 2.33 bits per heavy atom. The van der Waals surface area contributed by atoms with Crippen molar-refractivity contribution in [3.05, 3.63) is 52.5 Å². The van der Waals surface area contributed by atoms with Gasteiger partial charge >= 0.3 is 0 Å². The van der Waals surface area contributed by atoms with Crippen LogP contribution in [0.2, 0.25) is 5.02 Å². The topological polar surface area (TPSA) is 24.9 Å². The van der Waals surface area contributed by atoms with Gasteiger partial charge in [0.1, 0.15) is 0 Å². The van der Waals surface area contributed by atoms with E-state index in [1.54, 1.807) is 11.3 Å². The fourth-order valence-electron chi connectivity index (χ4n) is 2.48. The summed E-state index contributed by atoms with van der Waals surface area (Å²) in [7, 11) is 0. The molecule has 0 fully saturated rings. The van der Waals surface area contributed by atoms with Crippen LogP contribution in [-0.4, -0.2) is 4.98 Å². The molecule has 3 rings (SSSR count). The molecule has 0 aliphatic carbocycles. The number of thiazole rings is 1. The van der Waals surface area contributed by atoms with Crippen LogP contribution in [0.4, 0.5) is 10.8 Å². The van der Waals surface area contributed by atoms with Crippen molar-refractivity contribution in [3.63, 3.8) is 0 Å². The lowest BCUT2D eigenvalue weighted by molar-refractivity contribution is 1.09. The van der Waals surface area contributed by atoms with Crippen LogP contribution in [0.3, 0.4) is 0 Å². The molecule has 0 aliphatic heterocycles. The number of nitrogens with one attached hydrogen (secondary N) is 1. The third-order valence-electron chi connectivity index (χ3n) is 3.60. The molecule has 2 nitrogen and oxygen atoms in total. The molecule has 4 heteroatoms. The van der Waals surface area contributed by atoms with E-state index in [0.717, 1.165) is 33.2 Å². The molecule has 0 saturated carbocycles. The molecule has 0 amide bonds. The molecular weight excluding hydrogens is 300 g/mol. The molecule has 3 aromatic rings. The summed E-state index contributed by atoms with van der Waals surface area (Å²) in [6.07, 6.45) is 2.00. The Balaban J connectivity index is 2.04. The van der Waals surface area contributed by atoms with Gasteiger partial charge in [-0.2, -0.15) is 0 Å². The van der Waals surface area contributed by atoms with Crippen LogP contribution in [0.15, 0.2) is 36.4 Å². The van der Waals surface area contributed by atoms with Crippen LogP contribution in [0.5, 0.6) is 0 Å². The average molecular weight is 317 g/mol. The van der Waals surface area contributed by atoms with Crippen molar-refractivity contribution in [1.82, 2.24) is 4.98 Å². The third-order valence-corrected chi connectivity index (χ3v) is 5.04. The molecule has 1 aromatic heterocycles. The molecule has 0 radical (unpaired) electrons. The number of halogens is 1. The van der Waals surface area contributed by atoms with E-state index in [0.29, 0.717) is 0 Å². The normalized spacial score (nSPS) is 11.0. The van der Waals surface area contributed by atoms with Crippen molar-refractivity contribution in [1.29, 1.82) is 0 Å². The highest BCUT2D eigenvalue weighted by Gasteiger charge is 2.11. The molecule has 0 spiro atoms. The maximum Gasteiger partial charge on any atom is 0.188 e. The fourth-order valence-corrected chi connectivity index (χ4v) is 3.64. The van der Waals surface area contributed by atoms with Gasteiger partial charge in [0.15, 0.2) is 5.13 Å². The lowest BCUT2D eigenvalue weighted by Crippen LogP contribution is -1.99. The number of benzene rings is 2. The van der Waals surface area contributed by atoms with Gasteiger partial charge in [-0.3, -0.25) is 0 Å². The summed E-state index contributed by atoms with van der Waals surface area (Å²) in [5.74, 6) is 0. The Labute approximate surface area is 133 Å². The predicted molar refractivity (Wildman–Crippen MR) is 93.1 cm³/mol. The van der Waals surface area contributed by atoms with Gasteiger partial charge in [0.25, 0.3) is 0 Å². The second-order valence-electron chi connectivity index (χ2n) is 4.89. The van der Waals surface area contributed by atoms with Crippen molar-refractivity contribution < 1.29 is 0 Å². The number of para-hydroxylation sites is 1. The van der Waals surface area contributed by atoms with Crippen LogP contribution in [-0.2, 0) is 12.8 Å². The van der Waals surface area contributed by atoms with Crippen molar-refractivity contribution in [2.75, 3.05) is 5.32 Å². The highest BCUT2D eigenvalue weighted by atomic mass is 35.5. The summed E-state index contributed by atoms with van der Waals surface area (Å²) in [6.45, 7) is 4.35. The number of aryl methyl sites for hydroxylation is 2. The molecular formula is C17H17ClN2S. The Kier molecular flexibility index (Phi) is 4.13. The zero-order valence-corrected chi connectivity index (χ0v) is 13.7. The minimum absolute atomic E-state index is 0.762. The first-order valence-electron chi connectivity index (χ1n) is 7.15. The van der Waals surface area contributed by atoms with E-state index < -0.39 is 0 Å². The second-order valence-corrected chi connectivity index (χ2v) is 6.30. The standard InChI is InChI=1S/C17H17ClN2S/c1-3-11-7-5-8-12(4-2)15(11)20-17-19-14-10-6-9-13(18)16(14)21-17/h5-10H,3-4H2,1-2H3,(H,19,20). The minimum atomic E-state index is 0.762. The lowest BCUT2D eigenvalue weighted by atomic mass is 10.0. The maximum atomic E-state index is 6.23. The van der Waals surface area contributed by atoms with Gasteiger partial charge in [-0.25, -0.2) is 4.98 Å². The first-order chi connectivity index (χ1) is 10.2. The zero-order valence-electron chi connectivity index (χ0n) is 12.1. The van der Waals surface area contributed by atoms with Gasteiger partial charge in [0.2, 0.25) is 0 Å². The van der Waals surface area contributed by atoms with E-state index in [4.69, 9.17) is 11.6 Å². The largest absolute Gasteiger partial charge is 0.331 e. The van der Waals surface area contributed by atoms with Crippen LogP contribution in [0.1, 0.15) is 25.0 Å². The Bertz CT molecular complexity index is 757. The van der Waals surface area contributed by atoms with Crippen LogP contribution < -0.4 is 5.32 Å². The molecule has 0 atom stereocenters. The van der Waals surface area contributed by atoms with E-state index in [-0.39, 0.29) is 0 Å². The number of anilines is 2. The fraction of sp³-hybridized carbons (Fsp3) is 0.235. The van der Waals surface area contributed by atoms with E-state index >= 15 is 0 Å². The van der Waals surface area contributed by atoms with Gasteiger partial charge in [-0.05, 0) is 36.1 Å². The lowest BCUT2D eigenvalue weighted by Gasteiger charge is -2.13. The smallest absolute Gasteiger partial charge is 0.188 e. The number of rotatable bonds is 4. The molecule has 108 valence electrons. The van der Waals surface area contributed by atoms with Crippen molar-refractivity contribution >= 4 is 44.0 Å². The highest BCUT2D eigenvalue weighted by Crippen LogP contribution is 2.35. The number of aromatic nitrogens is 1. The maximum absolute atomic E-state index is 6.23. The molecule has 1 N–H and O–H groups in total. The van der Waals surface area contributed by atoms with Gasteiger partial charge in [-0.1, -0.05) is 61.1 Å². The van der Waals surface area contributed by atoms with Gasteiger partial charge in [0.05, 0.1) is 15.2 Å². The summed E-state index contributed by atoms with van der Waals surface area (Å²) in [6, 6.07) is 12.3. The number of nitrogens with zero attached hydrogens (tertiary/aromatic N) is 1. The summed E-state index contributed by atoms with van der Waals surface area (Å²) in [5, 5.41) is 5.17. The quantitative estimate of drug-likeness (QED) is 0.656. The SMILES string of the molecule is CCc1cccc(CC)c1Nc1nc2cccc(Cl)c2s1. The number of hydrogen-bond acceptors (Lipinski definition) is 3. The summed E-state index contributed by atoms with van der Waals surface area (Å²) >= 11 is 7.84. The molecule has 21 heavy (non-hydrogen) atoms. The Hall–Kier alpha value is -1.58. The van der Waals surface area contributed by atoms with E-state index in [1.165, 1.54) is 16.8 Å². The van der Waals surface area contributed by atoms with E-state index in [1.807, 2.05) is 18.2 Å². The molecule has 0 aliphatic rings. The summed E-state index contributed by atoms with van der Waals surface area (Å²) in [4.78, 5) is 4.64. The Morgan fingerprint density at radius 1 is 1.05 bits per heavy atom. The monoisotopic (exact) mass is 316 g/mol. The highest BCUT2D eigenvalue weighted by molar-refractivity contribution is 7.22. The minimum Gasteiger partial charge on any atom is -0.331 e.